The van der Waals surface area contributed by atoms with E-state index in [9.17, 15) is 9.59 Å². The molecular formula is C21H23I2N5O4. The number of cyclic esters (lactones) is 2. The van der Waals surface area contributed by atoms with Crippen LogP contribution >= 0.6 is 45.2 Å². The van der Waals surface area contributed by atoms with Crippen LogP contribution in [0.15, 0.2) is 24.3 Å². The van der Waals surface area contributed by atoms with E-state index in [0.717, 1.165) is 57.8 Å². The van der Waals surface area contributed by atoms with E-state index in [4.69, 9.17) is 9.47 Å². The quantitative estimate of drug-likeness (QED) is 0.335. The van der Waals surface area contributed by atoms with Crippen molar-refractivity contribution in [3.05, 3.63) is 54.2 Å². The van der Waals surface area contributed by atoms with Crippen molar-refractivity contribution in [2.45, 2.75) is 13.1 Å². The van der Waals surface area contributed by atoms with E-state index in [1.54, 1.807) is 12.1 Å². The molecule has 0 spiro atoms. The van der Waals surface area contributed by atoms with Gasteiger partial charge in [-0.2, -0.15) is 0 Å². The van der Waals surface area contributed by atoms with E-state index in [2.05, 4.69) is 70.3 Å². The van der Waals surface area contributed by atoms with E-state index < -0.39 is 18.7 Å². The standard InChI is InChI=1S/C21H23I2N5O4/c22-14-7-16-11-27-3-1-24-2-4-28(6-5-27)12-17-8-15(23)10-19(26-17)21(30)32-13-31-20(29)18(9-14)25-16/h7-10,24H,1-6,11-13H2. The Morgan fingerprint density at radius 1 is 0.750 bits per heavy atom. The number of nitrogens with one attached hydrogen (secondary N) is 1. The maximum atomic E-state index is 12.5. The molecule has 0 amide bonds. The Morgan fingerprint density at radius 2 is 1.22 bits per heavy atom. The third kappa shape index (κ3) is 6.56. The predicted octanol–water partition coefficient (Wildman–Crippen LogP) is 1.88. The topological polar surface area (TPSA) is 96.9 Å². The Bertz CT molecular complexity index is 929. The molecule has 4 rings (SSSR count). The Kier molecular flexibility index (Phi) is 8.26. The molecule has 2 unspecified atom stereocenters. The number of aromatic nitrogens is 2. The molecule has 0 radical (unpaired) electrons. The van der Waals surface area contributed by atoms with Crippen LogP contribution in [0.25, 0.3) is 0 Å². The zero-order chi connectivity index (χ0) is 22.5. The van der Waals surface area contributed by atoms with Gasteiger partial charge < -0.3 is 14.8 Å². The van der Waals surface area contributed by atoms with Crippen LogP contribution in [0.2, 0.25) is 0 Å². The average Bonchev–Trinajstić information content (AvgIpc) is 2.85. The number of hydrogen-bond donors (Lipinski definition) is 1. The van der Waals surface area contributed by atoms with Gasteiger partial charge in [0.05, 0.1) is 11.4 Å². The molecule has 1 fully saturated rings. The smallest absolute Gasteiger partial charge is 0.359 e. The third-order valence-corrected chi connectivity index (χ3v) is 6.44. The SMILES string of the molecule is O=C1OCOC(=O)c2cc(I)cc(n2)CN2CCNCCN(CC2)Cc2cc(I)cc1n2. The highest BCUT2D eigenvalue weighted by molar-refractivity contribution is 14.1. The molecule has 0 saturated carbocycles. The molecule has 2 aromatic heterocycles. The zero-order valence-corrected chi connectivity index (χ0v) is 21.7. The number of fused-ring (bicyclic) bond motifs is 7. The van der Waals surface area contributed by atoms with Crippen molar-refractivity contribution in [1.29, 1.82) is 0 Å². The molecule has 2 aliphatic rings. The molecule has 2 aromatic rings. The number of esters is 2. The molecule has 4 heterocycles. The zero-order valence-electron chi connectivity index (χ0n) is 17.4. The summed E-state index contributed by atoms with van der Waals surface area (Å²) in [6, 6.07) is 7.27. The average molecular weight is 663 g/mol. The highest BCUT2D eigenvalue weighted by Crippen LogP contribution is 2.15. The minimum atomic E-state index is -0.629. The van der Waals surface area contributed by atoms with Gasteiger partial charge in [0.2, 0.25) is 6.79 Å². The fraction of sp³-hybridized carbons (Fsp3) is 0.429. The van der Waals surface area contributed by atoms with Gasteiger partial charge in [-0.25, -0.2) is 19.6 Å². The minimum absolute atomic E-state index is 0.200. The third-order valence-electron chi connectivity index (χ3n) is 5.20. The largest absolute Gasteiger partial charge is 0.423 e. The second-order valence-electron chi connectivity index (χ2n) is 7.61. The number of carbonyl (C=O) groups is 2. The van der Waals surface area contributed by atoms with E-state index in [-0.39, 0.29) is 11.4 Å². The van der Waals surface area contributed by atoms with Crippen molar-refractivity contribution < 1.29 is 19.1 Å². The molecule has 32 heavy (non-hydrogen) atoms. The molecule has 6 bridgehead atoms. The number of nitrogens with zero attached hydrogens (tertiary/aromatic N) is 4. The lowest BCUT2D eigenvalue weighted by Gasteiger charge is -2.25. The van der Waals surface area contributed by atoms with Crippen molar-refractivity contribution in [3.63, 3.8) is 0 Å². The van der Waals surface area contributed by atoms with Gasteiger partial charge in [-0.3, -0.25) is 9.80 Å². The van der Waals surface area contributed by atoms with Crippen LogP contribution in [0.1, 0.15) is 32.4 Å². The Labute approximate surface area is 213 Å². The monoisotopic (exact) mass is 663 g/mol. The minimum Gasteiger partial charge on any atom is -0.423 e. The first-order valence-corrected chi connectivity index (χ1v) is 12.4. The van der Waals surface area contributed by atoms with Crippen LogP contribution in [0, 0.1) is 7.14 Å². The van der Waals surface area contributed by atoms with Gasteiger partial charge in [0.15, 0.2) is 0 Å². The highest BCUT2D eigenvalue weighted by atomic mass is 127. The first-order chi connectivity index (χ1) is 15.5. The molecule has 9 nitrogen and oxygen atoms in total. The summed E-state index contributed by atoms with van der Waals surface area (Å²) in [5.74, 6) is -1.26. The van der Waals surface area contributed by atoms with E-state index in [1.807, 2.05) is 12.1 Å². The number of carbonyl (C=O) groups excluding carboxylic acids is 2. The number of ether oxygens (including phenoxy) is 2. The molecule has 0 aliphatic carbocycles. The first-order valence-electron chi connectivity index (χ1n) is 10.3. The maximum absolute atomic E-state index is 12.5. The fourth-order valence-electron chi connectivity index (χ4n) is 3.64. The molecular weight excluding hydrogens is 640 g/mol. The number of pyridine rings is 2. The summed E-state index contributed by atoms with van der Waals surface area (Å²) in [5, 5.41) is 3.48. The lowest BCUT2D eigenvalue weighted by atomic mass is 10.2. The molecule has 170 valence electrons. The second-order valence-corrected chi connectivity index (χ2v) is 10.1. The number of rotatable bonds is 0. The van der Waals surface area contributed by atoms with E-state index >= 15 is 0 Å². The van der Waals surface area contributed by atoms with Crippen molar-refractivity contribution in [2.24, 2.45) is 0 Å². The van der Waals surface area contributed by atoms with Crippen LogP contribution in [-0.4, -0.2) is 77.8 Å². The van der Waals surface area contributed by atoms with Crippen molar-refractivity contribution in [1.82, 2.24) is 25.1 Å². The summed E-state index contributed by atoms with van der Waals surface area (Å²) in [6.45, 7) is 6.01. The fourth-order valence-corrected chi connectivity index (χ4v) is 4.95. The van der Waals surface area contributed by atoms with Crippen LogP contribution in [-0.2, 0) is 22.6 Å². The van der Waals surface area contributed by atoms with Crippen molar-refractivity contribution in [2.75, 3.05) is 46.1 Å². The molecule has 1 saturated heterocycles. The summed E-state index contributed by atoms with van der Waals surface area (Å²) in [4.78, 5) is 38.6. The van der Waals surface area contributed by atoms with Gasteiger partial charge in [0.1, 0.15) is 11.4 Å². The van der Waals surface area contributed by atoms with Crippen molar-refractivity contribution in [3.8, 4) is 0 Å². The highest BCUT2D eigenvalue weighted by Gasteiger charge is 2.19. The Hall–Kier alpha value is -1.42. The number of halogens is 2. The van der Waals surface area contributed by atoms with Crippen LogP contribution < -0.4 is 5.32 Å². The summed E-state index contributed by atoms with van der Waals surface area (Å²) in [5.41, 5.74) is 2.01. The number of hydrogen-bond acceptors (Lipinski definition) is 9. The molecule has 11 heteroatoms. The second kappa shape index (κ2) is 11.1. The summed E-state index contributed by atoms with van der Waals surface area (Å²) in [6.07, 6.45) is 0. The van der Waals surface area contributed by atoms with Gasteiger partial charge in [0.25, 0.3) is 0 Å². The maximum Gasteiger partial charge on any atom is 0.359 e. The lowest BCUT2D eigenvalue weighted by Crippen LogP contribution is -2.36. The van der Waals surface area contributed by atoms with Gasteiger partial charge in [0, 0.05) is 59.5 Å². The lowest BCUT2D eigenvalue weighted by molar-refractivity contribution is -0.0175. The van der Waals surface area contributed by atoms with Crippen LogP contribution in [0.5, 0.6) is 0 Å². The summed E-state index contributed by atoms with van der Waals surface area (Å²) in [7, 11) is 0. The van der Waals surface area contributed by atoms with Gasteiger partial charge >= 0.3 is 11.9 Å². The van der Waals surface area contributed by atoms with Crippen LogP contribution in [0.4, 0.5) is 0 Å². The Morgan fingerprint density at radius 3 is 1.69 bits per heavy atom. The molecule has 2 aliphatic heterocycles. The van der Waals surface area contributed by atoms with E-state index in [1.165, 1.54) is 0 Å². The molecule has 1 N–H and O–H groups in total. The first kappa shape index (κ1) is 23.7. The van der Waals surface area contributed by atoms with Crippen molar-refractivity contribution >= 4 is 57.1 Å². The molecule has 2 atom stereocenters. The summed E-state index contributed by atoms with van der Waals surface area (Å²) >= 11 is 4.34. The van der Waals surface area contributed by atoms with Gasteiger partial charge in [-0.05, 0) is 69.4 Å². The summed E-state index contributed by atoms with van der Waals surface area (Å²) < 4.78 is 12.1. The van der Waals surface area contributed by atoms with Gasteiger partial charge in [-0.1, -0.05) is 0 Å². The normalized spacial score (nSPS) is 22.7. The molecule has 0 aromatic carbocycles. The van der Waals surface area contributed by atoms with E-state index in [0.29, 0.717) is 13.1 Å². The van der Waals surface area contributed by atoms with Gasteiger partial charge in [-0.15, -0.1) is 0 Å². The van der Waals surface area contributed by atoms with Crippen LogP contribution in [0.3, 0.4) is 0 Å². The predicted molar refractivity (Wildman–Crippen MR) is 133 cm³/mol. The Balaban J connectivity index is 1.65.